The number of nitrogens with zero attached hydrogens (tertiary/aromatic N) is 4. The second kappa shape index (κ2) is 5.52. The summed E-state index contributed by atoms with van der Waals surface area (Å²) in [5.41, 5.74) is 10.3. The van der Waals surface area contributed by atoms with Crippen molar-refractivity contribution >= 4 is 32.9 Å². The molecule has 2 N–H and O–H groups in total. The van der Waals surface area contributed by atoms with E-state index in [1.165, 1.54) is 5.69 Å². The zero-order valence-corrected chi connectivity index (χ0v) is 13.8. The minimum atomic E-state index is 0.566. The van der Waals surface area contributed by atoms with Crippen molar-refractivity contribution in [2.24, 2.45) is 0 Å². The SMILES string of the molecule is Cc1cc(C)n(CCCn2c(N)nc3ccc(Br)cc32)n1. The fourth-order valence-corrected chi connectivity index (χ4v) is 2.98. The monoisotopic (exact) mass is 347 g/mol. The molecule has 0 saturated heterocycles. The lowest BCUT2D eigenvalue weighted by atomic mass is 10.3. The molecular weight excluding hydrogens is 330 g/mol. The molecule has 0 atom stereocenters. The average Bonchev–Trinajstić information content (AvgIpc) is 2.90. The van der Waals surface area contributed by atoms with Crippen LogP contribution >= 0.6 is 15.9 Å². The Bertz CT molecular complexity index is 787. The van der Waals surface area contributed by atoms with E-state index in [2.05, 4.69) is 49.6 Å². The number of aromatic nitrogens is 4. The van der Waals surface area contributed by atoms with Gasteiger partial charge in [0.25, 0.3) is 0 Å². The number of fused-ring (bicyclic) bond motifs is 1. The number of imidazole rings is 1. The van der Waals surface area contributed by atoms with Gasteiger partial charge >= 0.3 is 0 Å². The molecule has 6 heteroatoms. The molecule has 0 aliphatic rings. The van der Waals surface area contributed by atoms with Crippen LogP contribution in [0.4, 0.5) is 5.95 Å². The Morgan fingerprint density at radius 1 is 1.19 bits per heavy atom. The second-order valence-electron chi connectivity index (χ2n) is 5.26. The number of nitrogens with two attached hydrogens (primary N) is 1. The van der Waals surface area contributed by atoms with Gasteiger partial charge in [0.2, 0.25) is 5.95 Å². The highest BCUT2D eigenvalue weighted by atomic mass is 79.9. The lowest BCUT2D eigenvalue weighted by Gasteiger charge is -2.08. The quantitative estimate of drug-likeness (QED) is 0.787. The van der Waals surface area contributed by atoms with Gasteiger partial charge < -0.3 is 10.3 Å². The molecule has 0 bridgehead atoms. The molecule has 3 rings (SSSR count). The Morgan fingerprint density at radius 3 is 2.71 bits per heavy atom. The molecule has 0 fully saturated rings. The molecule has 21 heavy (non-hydrogen) atoms. The molecule has 1 aromatic carbocycles. The Kier molecular flexibility index (Phi) is 3.71. The summed E-state index contributed by atoms with van der Waals surface area (Å²) in [6.07, 6.45) is 0.962. The van der Waals surface area contributed by atoms with Gasteiger partial charge in [-0.1, -0.05) is 15.9 Å². The van der Waals surface area contributed by atoms with Gasteiger partial charge in [-0.05, 0) is 44.5 Å². The summed E-state index contributed by atoms with van der Waals surface area (Å²) in [6, 6.07) is 8.11. The van der Waals surface area contributed by atoms with Crippen LogP contribution in [0.5, 0.6) is 0 Å². The molecule has 0 aliphatic carbocycles. The highest BCUT2D eigenvalue weighted by molar-refractivity contribution is 9.10. The smallest absolute Gasteiger partial charge is 0.201 e. The Morgan fingerprint density at radius 2 is 2.00 bits per heavy atom. The van der Waals surface area contributed by atoms with E-state index >= 15 is 0 Å². The molecule has 0 aliphatic heterocycles. The fraction of sp³-hybridized carbons (Fsp3) is 0.333. The van der Waals surface area contributed by atoms with Crippen molar-refractivity contribution in [3.63, 3.8) is 0 Å². The molecule has 5 nitrogen and oxygen atoms in total. The Labute approximate surface area is 131 Å². The highest BCUT2D eigenvalue weighted by Gasteiger charge is 2.08. The molecule has 0 unspecified atom stereocenters. The molecule has 110 valence electrons. The Hall–Kier alpha value is -1.82. The van der Waals surface area contributed by atoms with Gasteiger partial charge in [-0.15, -0.1) is 0 Å². The normalized spacial score (nSPS) is 11.4. The van der Waals surface area contributed by atoms with Gasteiger partial charge in [-0.25, -0.2) is 4.98 Å². The number of halogens is 1. The minimum absolute atomic E-state index is 0.566. The lowest BCUT2D eigenvalue weighted by Crippen LogP contribution is -2.08. The number of hydrogen-bond donors (Lipinski definition) is 1. The maximum absolute atomic E-state index is 6.03. The fourth-order valence-electron chi connectivity index (χ4n) is 2.63. The van der Waals surface area contributed by atoms with Crippen LogP contribution in [-0.4, -0.2) is 19.3 Å². The zero-order chi connectivity index (χ0) is 15.0. The van der Waals surface area contributed by atoms with Crippen molar-refractivity contribution in [1.82, 2.24) is 19.3 Å². The molecule has 0 spiro atoms. The standard InChI is InChI=1S/C15H18BrN5/c1-10-8-11(2)21(19-10)7-3-6-20-14-9-12(16)4-5-13(14)18-15(20)17/h4-5,8-9H,3,6-7H2,1-2H3,(H2,17,18). The number of hydrogen-bond acceptors (Lipinski definition) is 3. The summed E-state index contributed by atoms with van der Waals surface area (Å²) in [6.45, 7) is 5.81. The van der Waals surface area contributed by atoms with Crippen molar-refractivity contribution in [3.05, 3.63) is 40.1 Å². The zero-order valence-electron chi connectivity index (χ0n) is 12.2. The van der Waals surface area contributed by atoms with Gasteiger partial charge in [0.05, 0.1) is 16.7 Å². The summed E-state index contributed by atoms with van der Waals surface area (Å²) in [7, 11) is 0. The minimum Gasteiger partial charge on any atom is -0.369 e. The summed E-state index contributed by atoms with van der Waals surface area (Å²) < 4.78 is 5.14. The summed E-state index contributed by atoms with van der Waals surface area (Å²) in [5, 5.41) is 4.48. The van der Waals surface area contributed by atoms with Crippen LogP contribution in [0, 0.1) is 13.8 Å². The summed E-state index contributed by atoms with van der Waals surface area (Å²) in [5.74, 6) is 0.566. The number of anilines is 1. The van der Waals surface area contributed by atoms with Crippen molar-refractivity contribution < 1.29 is 0 Å². The number of benzene rings is 1. The predicted octanol–water partition coefficient (Wildman–Crippen LogP) is 3.28. The third-order valence-corrected chi connectivity index (χ3v) is 4.09. The van der Waals surface area contributed by atoms with E-state index in [1.54, 1.807) is 0 Å². The number of rotatable bonds is 4. The molecule has 3 aromatic rings. The van der Waals surface area contributed by atoms with Crippen LogP contribution < -0.4 is 5.73 Å². The van der Waals surface area contributed by atoms with Crippen LogP contribution in [0.2, 0.25) is 0 Å². The van der Waals surface area contributed by atoms with Crippen molar-refractivity contribution in [3.8, 4) is 0 Å². The first-order valence-corrected chi connectivity index (χ1v) is 7.76. The van der Waals surface area contributed by atoms with Crippen LogP contribution in [0.1, 0.15) is 17.8 Å². The van der Waals surface area contributed by atoms with Crippen LogP contribution in [0.25, 0.3) is 11.0 Å². The maximum atomic E-state index is 6.03. The van der Waals surface area contributed by atoms with E-state index in [1.807, 2.05) is 23.7 Å². The van der Waals surface area contributed by atoms with Gasteiger partial charge in [-0.3, -0.25) is 4.68 Å². The van der Waals surface area contributed by atoms with Crippen molar-refractivity contribution in [1.29, 1.82) is 0 Å². The van der Waals surface area contributed by atoms with E-state index in [9.17, 15) is 0 Å². The van der Waals surface area contributed by atoms with E-state index in [-0.39, 0.29) is 0 Å². The molecule has 0 saturated carbocycles. The van der Waals surface area contributed by atoms with Gasteiger partial charge in [0.1, 0.15) is 0 Å². The molecular formula is C15H18BrN5. The van der Waals surface area contributed by atoms with Crippen LogP contribution in [0.3, 0.4) is 0 Å². The van der Waals surface area contributed by atoms with Crippen LogP contribution in [-0.2, 0) is 13.1 Å². The number of nitrogen functional groups attached to an aromatic ring is 1. The third kappa shape index (κ3) is 2.81. The predicted molar refractivity (Wildman–Crippen MR) is 88.2 cm³/mol. The van der Waals surface area contributed by atoms with Crippen molar-refractivity contribution in [2.45, 2.75) is 33.4 Å². The van der Waals surface area contributed by atoms with Gasteiger partial charge in [0, 0.05) is 23.3 Å². The highest BCUT2D eigenvalue weighted by Crippen LogP contribution is 2.22. The van der Waals surface area contributed by atoms with Gasteiger partial charge in [0.15, 0.2) is 0 Å². The maximum Gasteiger partial charge on any atom is 0.201 e. The first-order chi connectivity index (χ1) is 10.0. The topological polar surface area (TPSA) is 61.7 Å². The van der Waals surface area contributed by atoms with E-state index in [0.717, 1.165) is 40.7 Å². The largest absolute Gasteiger partial charge is 0.369 e. The molecule has 0 radical (unpaired) electrons. The summed E-state index contributed by atoms with van der Waals surface area (Å²) >= 11 is 3.50. The van der Waals surface area contributed by atoms with Crippen molar-refractivity contribution in [2.75, 3.05) is 5.73 Å². The number of aryl methyl sites for hydroxylation is 4. The van der Waals surface area contributed by atoms with Crippen LogP contribution in [0.15, 0.2) is 28.7 Å². The second-order valence-corrected chi connectivity index (χ2v) is 6.17. The average molecular weight is 348 g/mol. The van der Waals surface area contributed by atoms with E-state index in [0.29, 0.717) is 5.95 Å². The first kappa shape index (κ1) is 14.1. The summed E-state index contributed by atoms with van der Waals surface area (Å²) in [4.78, 5) is 4.40. The Balaban J connectivity index is 1.77. The molecule has 2 heterocycles. The lowest BCUT2D eigenvalue weighted by molar-refractivity contribution is 0.523. The molecule has 2 aromatic heterocycles. The van der Waals surface area contributed by atoms with E-state index in [4.69, 9.17) is 5.73 Å². The van der Waals surface area contributed by atoms with E-state index < -0.39 is 0 Å². The van der Waals surface area contributed by atoms with Gasteiger partial charge in [-0.2, -0.15) is 5.10 Å². The first-order valence-electron chi connectivity index (χ1n) is 6.97. The molecule has 0 amide bonds. The third-order valence-electron chi connectivity index (χ3n) is 3.59.